The van der Waals surface area contributed by atoms with Gasteiger partial charge in [-0.25, -0.2) is 9.59 Å². The van der Waals surface area contributed by atoms with E-state index in [-0.39, 0.29) is 48.4 Å². The van der Waals surface area contributed by atoms with Gasteiger partial charge in [-0.1, -0.05) is 19.1 Å². The highest BCUT2D eigenvalue weighted by Gasteiger charge is 2.40. The molecule has 0 aliphatic carbocycles. The van der Waals surface area contributed by atoms with Crippen molar-refractivity contribution in [3.63, 3.8) is 0 Å². The number of imidazole rings is 1. The molecule has 0 unspecified atom stereocenters. The van der Waals surface area contributed by atoms with Crippen LogP contribution in [0, 0.1) is 11.8 Å². The maximum absolute atomic E-state index is 14.6. The molecule has 10 rings (SSSR count). The van der Waals surface area contributed by atoms with Gasteiger partial charge in [0.1, 0.15) is 24.3 Å². The summed E-state index contributed by atoms with van der Waals surface area (Å²) in [6.07, 6.45) is 5.80. The molecule has 5 aliphatic heterocycles. The van der Waals surface area contributed by atoms with Crippen LogP contribution in [0.1, 0.15) is 109 Å². The third-order valence-corrected chi connectivity index (χ3v) is 15.1. The third-order valence-electron chi connectivity index (χ3n) is 15.1. The number of hydrogen-bond donors (Lipinski definition) is 1. The van der Waals surface area contributed by atoms with Crippen molar-refractivity contribution >= 4 is 35.0 Å². The van der Waals surface area contributed by atoms with Gasteiger partial charge in [0.2, 0.25) is 11.8 Å². The number of carbonyl (C=O) groups excluding carboxylic acids is 4. The Balaban J connectivity index is 0.680. The molecule has 1 N–H and O–H groups in total. The second kappa shape index (κ2) is 18.8. The number of ether oxygens (including phenoxy) is 1. The number of aromatic nitrogens is 5. The summed E-state index contributed by atoms with van der Waals surface area (Å²) in [5.41, 5.74) is 2.53. The number of imide groups is 1. The van der Waals surface area contributed by atoms with Gasteiger partial charge in [0.25, 0.3) is 5.91 Å². The summed E-state index contributed by atoms with van der Waals surface area (Å²) in [6, 6.07) is 13.6. The molecule has 2 atom stereocenters. The molecule has 4 fully saturated rings. The maximum atomic E-state index is 14.6. The number of alkyl halides is 3. The standard InChI is InChI=1S/C50H57F3N10O6/c1-31(45-56-54-30-57(45)2)35-4-3-5-38(24-35)61-29-43-41(50(51,52)53)23-34(27-63(43)48(61)67)26-58-16-14-39(15-17-58)69-49(68)60-20-12-33(13-21-60)22-32-10-18-59(19-11-32)37-6-7-40-36(25-37)28-62(47(40)66)42-8-9-44(64)55-46(42)65/h3-7,23-25,27,29-33,39,42H,8-22,26,28H2,1-2H3,(H,55,64,65)/t31-,42+/m1/s1. The molecule has 8 heterocycles. The summed E-state index contributed by atoms with van der Waals surface area (Å²) < 4.78 is 53.8. The molecule has 0 saturated carbocycles. The van der Waals surface area contributed by atoms with Gasteiger partial charge in [-0.3, -0.25) is 33.6 Å². The average Bonchev–Trinajstić information content (AvgIpc) is 4.03. The minimum atomic E-state index is -4.70. The van der Waals surface area contributed by atoms with Gasteiger partial charge < -0.3 is 24.0 Å². The van der Waals surface area contributed by atoms with E-state index in [4.69, 9.17) is 4.74 Å². The summed E-state index contributed by atoms with van der Waals surface area (Å²) in [7, 11) is 1.83. The molecule has 5 aromatic rings. The number of amides is 4. The van der Waals surface area contributed by atoms with Gasteiger partial charge in [0.05, 0.1) is 16.8 Å². The van der Waals surface area contributed by atoms with Crippen LogP contribution in [0.3, 0.4) is 0 Å². The molecule has 4 amide bonds. The van der Waals surface area contributed by atoms with Gasteiger partial charge in [0.15, 0.2) is 0 Å². The van der Waals surface area contributed by atoms with Crippen molar-refractivity contribution in [2.75, 3.05) is 44.2 Å². The van der Waals surface area contributed by atoms with Crippen LogP contribution in [0.4, 0.5) is 23.7 Å². The predicted octanol–water partition coefficient (Wildman–Crippen LogP) is 6.27. The van der Waals surface area contributed by atoms with Crippen LogP contribution in [0.15, 0.2) is 72.0 Å². The lowest BCUT2D eigenvalue weighted by molar-refractivity contribution is -0.137. The summed E-state index contributed by atoms with van der Waals surface area (Å²) in [5, 5.41) is 10.5. The van der Waals surface area contributed by atoms with Crippen LogP contribution in [0.25, 0.3) is 11.2 Å². The van der Waals surface area contributed by atoms with E-state index < -0.39 is 29.4 Å². The number of benzene rings is 2. The second-order valence-electron chi connectivity index (χ2n) is 19.6. The molecule has 3 aromatic heterocycles. The van der Waals surface area contributed by atoms with Crippen molar-refractivity contribution in [2.24, 2.45) is 18.9 Å². The summed E-state index contributed by atoms with van der Waals surface area (Å²) in [5.74, 6) is 0.781. The number of anilines is 1. The summed E-state index contributed by atoms with van der Waals surface area (Å²) in [6.45, 7) is 6.69. The SMILES string of the molecule is C[C@H](c1cccc(-n2cc3c(C(F)(F)F)cc(CN4CCC(OC(=O)N5CCC(CC6CCN(c7ccc8c(c7)CN([C@H]7CCC(=O)NC7=O)C8=O)CC6)CC5)CC4)cn3c2=O)c1)c1nncn1C. The lowest BCUT2D eigenvalue weighted by Gasteiger charge is -2.38. The van der Waals surface area contributed by atoms with E-state index in [0.29, 0.717) is 86.5 Å². The first kappa shape index (κ1) is 46.2. The Labute approximate surface area is 397 Å². The number of nitrogens with zero attached hydrogens (tertiary/aromatic N) is 9. The van der Waals surface area contributed by atoms with Gasteiger partial charge in [0, 0.05) is 95.4 Å². The predicted molar refractivity (Wildman–Crippen MR) is 248 cm³/mol. The Kier molecular flexibility index (Phi) is 12.6. The molecule has 19 heteroatoms. The third kappa shape index (κ3) is 9.49. The number of hydrogen-bond acceptors (Lipinski definition) is 10. The molecular formula is C50H57F3N10O6. The molecule has 16 nitrogen and oxygen atoms in total. The molecule has 364 valence electrons. The number of rotatable bonds is 10. The van der Waals surface area contributed by atoms with E-state index in [1.54, 1.807) is 38.9 Å². The van der Waals surface area contributed by atoms with Gasteiger partial charge >= 0.3 is 18.0 Å². The fraction of sp³-hybridized carbons (Fsp3) is 0.500. The largest absolute Gasteiger partial charge is 0.446 e. The molecule has 0 bridgehead atoms. The number of fused-ring (bicyclic) bond motifs is 2. The van der Waals surface area contributed by atoms with Gasteiger partial charge in [-0.2, -0.15) is 13.2 Å². The zero-order valence-electron chi connectivity index (χ0n) is 38.9. The van der Waals surface area contributed by atoms with Crippen LogP contribution in [-0.4, -0.2) is 114 Å². The Bertz CT molecular complexity index is 2830. The molecular weight excluding hydrogens is 894 g/mol. The lowest BCUT2D eigenvalue weighted by atomic mass is 9.82. The molecule has 69 heavy (non-hydrogen) atoms. The number of carbonyl (C=O) groups is 4. The highest BCUT2D eigenvalue weighted by Crippen LogP contribution is 2.37. The summed E-state index contributed by atoms with van der Waals surface area (Å²) in [4.78, 5) is 72.2. The molecule has 4 saturated heterocycles. The zero-order valence-corrected chi connectivity index (χ0v) is 38.9. The van der Waals surface area contributed by atoms with E-state index in [1.807, 2.05) is 37.1 Å². The van der Waals surface area contributed by atoms with Crippen LogP contribution in [0.2, 0.25) is 0 Å². The van der Waals surface area contributed by atoms with Gasteiger partial charge in [-0.15, -0.1) is 10.2 Å². The number of aryl methyl sites for hydroxylation is 1. The topological polar surface area (TPSA) is 160 Å². The maximum Gasteiger partial charge on any atom is 0.418 e. The van der Waals surface area contributed by atoms with E-state index in [0.717, 1.165) is 72.5 Å². The smallest absolute Gasteiger partial charge is 0.418 e. The number of pyridine rings is 1. The highest BCUT2D eigenvalue weighted by molar-refractivity contribution is 6.05. The minimum Gasteiger partial charge on any atom is -0.446 e. The van der Waals surface area contributed by atoms with Crippen molar-refractivity contribution in [3.8, 4) is 5.69 Å². The van der Waals surface area contributed by atoms with Gasteiger partial charge in [-0.05, 0) is 116 Å². The lowest BCUT2D eigenvalue weighted by Crippen LogP contribution is -2.52. The van der Waals surface area contributed by atoms with Crippen molar-refractivity contribution in [1.29, 1.82) is 0 Å². The molecule has 0 radical (unpaired) electrons. The van der Waals surface area contributed by atoms with Crippen LogP contribution >= 0.6 is 0 Å². The van der Waals surface area contributed by atoms with E-state index in [9.17, 15) is 37.1 Å². The molecule has 0 spiro atoms. The highest BCUT2D eigenvalue weighted by atomic mass is 19.4. The van der Waals surface area contributed by atoms with Crippen molar-refractivity contribution in [3.05, 3.63) is 111 Å². The first-order valence-corrected chi connectivity index (χ1v) is 24.2. The minimum absolute atomic E-state index is 0.166. The number of piperidine rings is 4. The molecule has 5 aliphatic rings. The van der Waals surface area contributed by atoms with Crippen molar-refractivity contribution in [1.82, 2.24) is 43.7 Å². The van der Waals surface area contributed by atoms with Crippen molar-refractivity contribution < 1.29 is 37.1 Å². The quantitative estimate of drug-likeness (QED) is 0.158. The number of nitrogens with one attached hydrogen (secondary N) is 1. The Morgan fingerprint density at radius 1 is 0.870 bits per heavy atom. The van der Waals surface area contributed by atoms with E-state index in [1.165, 1.54) is 17.0 Å². The number of halogens is 3. The van der Waals surface area contributed by atoms with Crippen LogP contribution < -0.4 is 15.9 Å². The first-order chi connectivity index (χ1) is 33.2. The fourth-order valence-corrected chi connectivity index (χ4v) is 11.2. The average molecular weight is 951 g/mol. The van der Waals surface area contributed by atoms with E-state index in [2.05, 4.69) is 26.5 Å². The Hall–Kier alpha value is -6.50. The monoisotopic (exact) mass is 950 g/mol. The fourth-order valence-electron chi connectivity index (χ4n) is 11.2. The van der Waals surface area contributed by atoms with Crippen molar-refractivity contribution in [2.45, 2.75) is 102 Å². The van der Waals surface area contributed by atoms with Crippen LogP contribution in [-0.2, 0) is 40.6 Å². The number of likely N-dealkylation sites (tertiary alicyclic amines) is 2. The Morgan fingerprint density at radius 3 is 2.30 bits per heavy atom. The first-order valence-electron chi connectivity index (χ1n) is 24.2. The second-order valence-corrected chi connectivity index (χ2v) is 19.6. The Morgan fingerprint density at radius 2 is 1.61 bits per heavy atom. The normalized spacial score (nSPS) is 20.7. The van der Waals surface area contributed by atoms with E-state index >= 15 is 0 Å². The summed E-state index contributed by atoms with van der Waals surface area (Å²) >= 11 is 0. The van der Waals surface area contributed by atoms with Crippen LogP contribution in [0.5, 0.6) is 0 Å². The molecule has 2 aromatic carbocycles. The zero-order chi connectivity index (χ0) is 48.1.